The van der Waals surface area contributed by atoms with Crippen LogP contribution in [0.15, 0.2) is 41.4 Å². The standard InChI is InChI=1S/C20H17F7N2O3S/c1-18(2,33(31,32)13-5-3-4-11(6-13)19(22,23)24)12-7-17(30)29(10-12)15-9-28-16(8-14(15)21)20(25,26)27/h3-6,8-9,12H,7,10H2,1-2H3. The summed E-state index contributed by atoms with van der Waals surface area (Å²) in [5, 5.41) is 0. The Morgan fingerprint density at radius 3 is 2.21 bits per heavy atom. The molecule has 1 amide bonds. The van der Waals surface area contributed by atoms with Crippen molar-refractivity contribution in [2.75, 3.05) is 11.4 Å². The second-order valence-corrected chi connectivity index (χ2v) is 10.6. The number of hydrogen-bond donors (Lipinski definition) is 0. The lowest BCUT2D eigenvalue weighted by Crippen LogP contribution is -2.41. The minimum absolute atomic E-state index is 0.125. The zero-order valence-corrected chi connectivity index (χ0v) is 17.9. The maximum atomic E-state index is 14.3. The topological polar surface area (TPSA) is 67.3 Å². The molecule has 1 unspecified atom stereocenters. The van der Waals surface area contributed by atoms with Gasteiger partial charge in [0.25, 0.3) is 0 Å². The maximum absolute atomic E-state index is 14.3. The van der Waals surface area contributed by atoms with E-state index in [4.69, 9.17) is 0 Å². The number of carbonyl (C=O) groups excluding carboxylic acids is 1. The van der Waals surface area contributed by atoms with Crippen LogP contribution >= 0.6 is 0 Å². The van der Waals surface area contributed by atoms with E-state index >= 15 is 0 Å². The molecule has 0 spiro atoms. The Morgan fingerprint density at radius 1 is 1.03 bits per heavy atom. The fraction of sp³-hybridized carbons (Fsp3) is 0.400. The summed E-state index contributed by atoms with van der Waals surface area (Å²) in [7, 11) is -4.41. The van der Waals surface area contributed by atoms with Crippen molar-refractivity contribution < 1.29 is 43.9 Å². The first-order chi connectivity index (χ1) is 15.0. The second-order valence-electron chi connectivity index (χ2n) is 8.06. The fourth-order valence-corrected chi connectivity index (χ4v) is 5.29. The lowest BCUT2D eigenvalue weighted by molar-refractivity contribution is -0.141. The molecular formula is C20H17F7N2O3S. The number of anilines is 1. The average molecular weight is 498 g/mol. The molecule has 0 N–H and O–H groups in total. The molecule has 0 aliphatic carbocycles. The van der Waals surface area contributed by atoms with Crippen LogP contribution in [0.3, 0.4) is 0 Å². The Bertz CT molecular complexity index is 1190. The first-order valence-electron chi connectivity index (χ1n) is 9.41. The largest absolute Gasteiger partial charge is 0.433 e. The lowest BCUT2D eigenvalue weighted by Gasteiger charge is -2.31. The predicted molar refractivity (Wildman–Crippen MR) is 102 cm³/mol. The number of pyridine rings is 1. The Labute approximate surface area is 184 Å². The Balaban J connectivity index is 1.93. The van der Waals surface area contributed by atoms with Gasteiger partial charge in [0.2, 0.25) is 5.91 Å². The predicted octanol–water partition coefficient (Wildman–Crippen LogP) is 4.86. The van der Waals surface area contributed by atoms with Gasteiger partial charge in [-0.2, -0.15) is 26.3 Å². The number of amides is 1. The summed E-state index contributed by atoms with van der Waals surface area (Å²) in [6.45, 7) is 2.07. The Hall–Kier alpha value is -2.70. The first-order valence-corrected chi connectivity index (χ1v) is 10.9. The molecule has 33 heavy (non-hydrogen) atoms. The van der Waals surface area contributed by atoms with Gasteiger partial charge in [0.15, 0.2) is 15.7 Å². The van der Waals surface area contributed by atoms with E-state index in [1.54, 1.807) is 0 Å². The van der Waals surface area contributed by atoms with Crippen LogP contribution in [-0.2, 0) is 27.0 Å². The molecule has 1 aromatic carbocycles. The van der Waals surface area contributed by atoms with Crippen LogP contribution in [0.2, 0.25) is 0 Å². The third-order valence-electron chi connectivity index (χ3n) is 5.69. The molecule has 1 atom stereocenters. The van der Waals surface area contributed by atoms with Crippen molar-refractivity contribution in [1.29, 1.82) is 0 Å². The molecule has 2 heterocycles. The fourth-order valence-electron chi connectivity index (χ4n) is 3.55. The van der Waals surface area contributed by atoms with E-state index in [1.807, 2.05) is 0 Å². The summed E-state index contributed by atoms with van der Waals surface area (Å²) in [4.78, 5) is 15.8. The number of alkyl halides is 6. The molecule has 1 aliphatic heterocycles. The highest BCUT2D eigenvalue weighted by molar-refractivity contribution is 7.92. The summed E-state index contributed by atoms with van der Waals surface area (Å²) in [6.07, 6.45) is -9.56. The molecule has 1 aliphatic rings. The lowest BCUT2D eigenvalue weighted by atomic mass is 9.94. The number of rotatable bonds is 4. The quantitative estimate of drug-likeness (QED) is 0.565. The van der Waals surface area contributed by atoms with E-state index in [0.717, 1.165) is 17.0 Å². The van der Waals surface area contributed by atoms with Crippen molar-refractivity contribution in [3.63, 3.8) is 0 Å². The van der Waals surface area contributed by atoms with Crippen LogP contribution in [0.25, 0.3) is 0 Å². The van der Waals surface area contributed by atoms with Crippen LogP contribution in [-0.4, -0.2) is 30.6 Å². The monoisotopic (exact) mass is 498 g/mol. The molecule has 0 saturated carbocycles. The van der Waals surface area contributed by atoms with Crippen LogP contribution in [0.4, 0.5) is 36.4 Å². The van der Waals surface area contributed by atoms with Crippen molar-refractivity contribution in [2.24, 2.45) is 5.92 Å². The Morgan fingerprint density at radius 2 is 1.67 bits per heavy atom. The average Bonchev–Trinajstić information content (AvgIpc) is 3.08. The molecule has 2 aromatic rings. The third kappa shape index (κ3) is 4.55. The zero-order valence-electron chi connectivity index (χ0n) is 17.1. The molecule has 180 valence electrons. The minimum atomic E-state index is -4.90. The molecule has 1 aromatic heterocycles. The van der Waals surface area contributed by atoms with Gasteiger partial charge < -0.3 is 4.90 Å². The van der Waals surface area contributed by atoms with Crippen LogP contribution in [0.1, 0.15) is 31.5 Å². The van der Waals surface area contributed by atoms with Crippen molar-refractivity contribution >= 4 is 21.4 Å². The molecule has 3 rings (SSSR count). The summed E-state index contributed by atoms with van der Waals surface area (Å²) < 4.78 is 116. The molecule has 0 bridgehead atoms. The number of halogens is 7. The third-order valence-corrected chi connectivity index (χ3v) is 8.28. The van der Waals surface area contributed by atoms with Crippen LogP contribution in [0.5, 0.6) is 0 Å². The van der Waals surface area contributed by atoms with E-state index in [1.165, 1.54) is 13.8 Å². The highest BCUT2D eigenvalue weighted by Crippen LogP contribution is 2.41. The highest BCUT2D eigenvalue weighted by Gasteiger charge is 2.49. The van der Waals surface area contributed by atoms with E-state index in [0.29, 0.717) is 18.3 Å². The number of sulfone groups is 1. The first kappa shape index (κ1) is 24.9. The van der Waals surface area contributed by atoms with Gasteiger partial charge in [0.1, 0.15) is 5.69 Å². The normalized spacial score (nSPS) is 18.2. The van der Waals surface area contributed by atoms with Gasteiger partial charge in [-0.3, -0.25) is 4.79 Å². The molecular weight excluding hydrogens is 481 g/mol. The van der Waals surface area contributed by atoms with Gasteiger partial charge in [-0.1, -0.05) is 6.07 Å². The van der Waals surface area contributed by atoms with Gasteiger partial charge in [-0.25, -0.2) is 17.8 Å². The van der Waals surface area contributed by atoms with Gasteiger partial charge in [-0.15, -0.1) is 0 Å². The molecule has 13 heteroatoms. The van der Waals surface area contributed by atoms with E-state index in [-0.39, 0.29) is 12.6 Å². The minimum Gasteiger partial charge on any atom is -0.308 e. The van der Waals surface area contributed by atoms with E-state index in [2.05, 4.69) is 4.98 Å². The molecule has 0 radical (unpaired) electrons. The highest BCUT2D eigenvalue weighted by atomic mass is 32.2. The number of carbonyl (C=O) groups is 1. The summed E-state index contributed by atoms with van der Waals surface area (Å²) in [5.41, 5.74) is -3.22. The second kappa shape index (κ2) is 7.96. The maximum Gasteiger partial charge on any atom is 0.433 e. The van der Waals surface area contributed by atoms with Crippen molar-refractivity contribution in [3.8, 4) is 0 Å². The van der Waals surface area contributed by atoms with Crippen LogP contribution < -0.4 is 4.90 Å². The van der Waals surface area contributed by atoms with Crippen molar-refractivity contribution in [3.05, 3.63) is 53.6 Å². The van der Waals surface area contributed by atoms with Gasteiger partial charge >= 0.3 is 12.4 Å². The smallest absolute Gasteiger partial charge is 0.308 e. The Kier molecular flexibility index (Phi) is 6.01. The number of nitrogens with zero attached hydrogens (tertiary/aromatic N) is 2. The molecule has 5 nitrogen and oxygen atoms in total. The van der Waals surface area contributed by atoms with E-state index in [9.17, 15) is 43.9 Å². The summed E-state index contributed by atoms with van der Waals surface area (Å²) >= 11 is 0. The van der Waals surface area contributed by atoms with Crippen LogP contribution in [0, 0.1) is 11.7 Å². The molecule has 1 fully saturated rings. The van der Waals surface area contributed by atoms with Gasteiger partial charge in [0.05, 0.1) is 27.1 Å². The number of benzene rings is 1. The SMILES string of the molecule is CC(C)(C1CC(=O)N(c2cnc(C(F)(F)F)cc2F)C1)S(=O)(=O)c1cccc(C(F)(F)F)c1. The van der Waals surface area contributed by atoms with Gasteiger partial charge in [-0.05, 0) is 32.0 Å². The number of aromatic nitrogens is 1. The number of hydrogen-bond acceptors (Lipinski definition) is 4. The van der Waals surface area contributed by atoms with Gasteiger partial charge in [0, 0.05) is 24.9 Å². The summed E-state index contributed by atoms with van der Waals surface area (Å²) in [6, 6.07) is 3.28. The van der Waals surface area contributed by atoms with Crippen molar-refractivity contribution in [1.82, 2.24) is 4.98 Å². The zero-order chi connectivity index (χ0) is 25.0. The van der Waals surface area contributed by atoms with E-state index < -0.39 is 72.8 Å². The van der Waals surface area contributed by atoms with Crippen molar-refractivity contribution in [2.45, 2.75) is 42.3 Å². The summed E-state index contributed by atoms with van der Waals surface area (Å²) in [5.74, 6) is -3.12. The molecule has 1 saturated heterocycles.